The Morgan fingerprint density at radius 2 is 1.97 bits per heavy atom. The molecular formula is C25H25F2N7O. The molecule has 0 radical (unpaired) electrons. The van der Waals surface area contributed by atoms with Crippen molar-refractivity contribution in [3.8, 4) is 11.3 Å². The number of carbonyl (C=O) groups excluding carboxylic acids is 1. The summed E-state index contributed by atoms with van der Waals surface area (Å²) in [5.74, 6) is 0.175. The standard InChI is InChI=1S/C25H25F2N7O/c1-14(2)34-15(3)29-24-18(26)10-17(11-21(24)34)23-19(27)12-28-25(32-23)31-22-5-4-16-13-33(8-9-35)7-6-20(16)30-22/h4-5,9-12,14H,6-8,13H2,1-3H3,(H,28,30,31,32). The molecule has 4 heterocycles. The monoisotopic (exact) mass is 477 g/mol. The summed E-state index contributed by atoms with van der Waals surface area (Å²) in [7, 11) is 0. The number of nitrogens with zero attached hydrogens (tertiary/aromatic N) is 6. The number of aryl methyl sites for hydroxylation is 1. The van der Waals surface area contributed by atoms with E-state index < -0.39 is 11.6 Å². The topological polar surface area (TPSA) is 88.8 Å². The van der Waals surface area contributed by atoms with Gasteiger partial charge in [-0.05, 0) is 44.5 Å². The van der Waals surface area contributed by atoms with Gasteiger partial charge in [0.15, 0.2) is 11.6 Å². The number of rotatable bonds is 6. The first-order valence-electron chi connectivity index (χ1n) is 11.5. The lowest BCUT2D eigenvalue weighted by Gasteiger charge is -2.26. The molecule has 4 aromatic rings. The molecule has 10 heteroatoms. The first kappa shape index (κ1) is 23.0. The summed E-state index contributed by atoms with van der Waals surface area (Å²) in [6.45, 7) is 7.60. The molecule has 8 nitrogen and oxygen atoms in total. The Labute approximate surface area is 201 Å². The van der Waals surface area contributed by atoms with Gasteiger partial charge < -0.3 is 14.7 Å². The van der Waals surface area contributed by atoms with Gasteiger partial charge in [0, 0.05) is 36.8 Å². The molecule has 3 aromatic heterocycles. The maximum Gasteiger partial charge on any atom is 0.229 e. The van der Waals surface area contributed by atoms with E-state index in [1.165, 1.54) is 6.07 Å². The van der Waals surface area contributed by atoms with Crippen molar-refractivity contribution in [3.63, 3.8) is 0 Å². The van der Waals surface area contributed by atoms with Crippen molar-refractivity contribution in [3.05, 3.63) is 59.2 Å². The Bertz CT molecular complexity index is 1430. The van der Waals surface area contributed by atoms with Crippen molar-refractivity contribution in [1.82, 2.24) is 29.4 Å². The summed E-state index contributed by atoms with van der Waals surface area (Å²) in [5.41, 5.74) is 3.11. The smallest absolute Gasteiger partial charge is 0.229 e. The molecular weight excluding hydrogens is 452 g/mol. The van der Waals surface area contributed by atoms with Crippen LogP contribution in [-0.2, 0) is 17.8 Å². The highest BCUT2D eigenvalue weighted by Crippen LogP contribution is 2.30. The van der Waals surface area contributed by atoms with E-state index in [0.29, 0.717) is 35.8 Å². The van der Waals surface area contributed by atoms with Crippen LogP contribution in [0.3, 0.4) is 0 Å². The number of hydrogen-bond acceptors (Lipinski definition) is 7. The largest absolute Gasteiger partial charge is 0.326 e. The van der Waals surface area contributed by atoms with Crippen LogP contribution in [0.4, 0.5) is 20.5 Å². The number of anilines is 2. The molecule has 0 unspecified atom stereocenters. The van der Waals surface area contributed by atoms with Gasteiger partial charge in [-0.1, -0.05) is 6.07 Å². The number of hydrogen-bond donors (Lipinski definition) is 1. The first-order chi connectivity index (χ1) is 16.8. The first-order valence-corrected chi connectivity index (χ1v) is 11.5. The van der Waals surface area contributed by atoms with Crippen LogP contribution >= 0.6 is 0 Å². The normalized spacial score (nSPS) is 13.9. The summed E-state index contributed by atoms with van der Waals surface area (Å²) in [4.78, 5) is 30.2. The highest BCUT2D eigenvalue weighted by Gasteiger charge is 2.20. The summed E-state index contributed by atoms with van der Waals surface area (Å²) in [6, 6.07) is 6.76. The average Bonchev–Trinajstić information content (AvgIpc) is 3.17. The number of nitrogens with one attached hydrogen (secondary N) is 1. The van der Waals surface area contributed by atoms with Crippen LogP contribution in [0.25, 0.3) is 22.3 Å². The zero-order valence-corrected chi connectivity index (χ0v) is 19.7. The lowest BCUT2D eigenvalue weighted by atomic mass is 10.1. The second-order valence-corrected chi connectivity index (χ2v) is 8.92. The van der Waals surface area contributed by atoms with Crippen LogP contribution in [0, 0.1) is 18.6 Å². The highest BCUT2D eigenvalue weighted by molar-refractivity contribution is 5.83. The van der Waals surface area contributed by atoms with Gasteiger partial charge in [-0.25, -0.2) is 28.7 Å². The van der Waals surface area contributed by atoms with Gasteiger partial charge in [0.05, 0.1) is 18.3 Å². The molecule has 0 saturated heterocycles. The summed E-state index contributed by atoms with van der Waals surface area (Å²) in [5, 5.41) is 3.03. The fraction of sp³-hybridized carbons (Fsp3) is 0.320. The Hall–Kier alpha value is -3.79. The van der Waals surface area contributed by atoms with Gasteiger partial charge >= 0.3 is 0 Å². The van der Waals surface area contributed by atoms with E-state index in [1.807, 2.05) is 31.4 Å². The van der Waals surface area contributed by atoms with Gasteiger partial charge in [0.2, 0.25) is 5.95 Å². The third-order valence-electron chi connectivity index (χ3n) is 6.16. The van der Waals surface area contributed by atoms with Gasteiger partial charge in [-0.3, -0.25) is 4.90 Å². The van der Waals surface area contributed by atoms with Crippen LogP contribution < -0.4 is 5.32 Å². The predicted molar refractivity (Wildman–Crippen MR) is 128 cm³/mol. The van der Waals surface area contributed by atoms with Crippen molar-refractivity contribution in [2.24, 2.45) is 0 Å². The Morgan fingerprint density at radius 1 is 1.14 bits per heavy atom. The fourth-order valence-corrected chi connectivity index (χ4v) is 4.61. The van der Waals surface area contributed by atoms with Crippen molar-refractivity contribution < 1.29 is 13.6 Å². The molecule has 35 heavy (non-hydrogen) atoms. The molecule has 1 aromatic carbocycles. The van der Waals surface area contributed by atoms with Gasteiger partial charge in [0.25, 0.3) is 0 Å². The molecule has 1 aliphatic heterocycles. The van der Waals surface area contributed by atoms with Crippen LogP contribution in [0.5, 0.6) is 0 Å². The van der Waals surface area contributed by atoms with Crippen molar-refractivity contribution in [2.75, 3.05) is 18.4 Å². The minimum Gasteiger partial charge on any atom is -0.326 e. The maximum atomic E-state index is 14.9. The van der Waals surface area contributed by atoms with Crippen molar-refractivity contribution in [2.45, 2.75) is 39.8 Å². The molecule has 0 bridgehead atoms. The SMILES string of the molecule is Cc1nc2c(F)cc(-c3nc(Nc4ccc5c(n4)CCN(CC=O)C5)ncc3F)cc2n1C(C)C. The Balaban J connectivity index is 1.47. The number of pyridine rings is 1. The van der Waals surface area contributed by atoms with Gasteiger partial charge in [-0.2, -0.15) is 0 Å². The molecule has 1 aliphatic rings. The number of carbonyl (C=O) groups is 1. The minimum atomic E-state index is -0.657. The molecule has 180 valence electrons. The predicted octanol–water partition coefficient (Wildman–Crippen LogP) is 4.36. The summed E-state index contributed by atoms with van der Waals surface area (Å²) < 4.78 is 31.6. The molecule has 0 atom stereocenters. The number of fused-ring (bicyclic) bond motifs is 2. The Morgan fingerprint density at radius 3 is 2.74 bits per heavy atom. The van der Waals surface area contributed by atoms with Crippen molar-refractivity contribution in [1.29, 1.82) is 0 Å². The number of imidazole rings is 1. The van der Waals surface area contributed by atoms with E-state index in [1.54, 1.807) is 12.1 Å². The lowest BCUT2D eigenvalue weighted by Crippen LogP contribution is -2.32. The highest BCUT2D eigenvalue weighted by atomic mass is 19.1. The molecule has 0 saturated carbocycles. The van der Waals surface area contributed by atoms with Crippen LogP contribution in [0.1, 0.15) is 37.0 Å². The number of benzene rings is 1. The summed E-state index contributed by atoms with van der Waals surface area (Å²) in [6.07, 6.45) is 2.68. The van der Waals surface area contributed by atoms with E-state index in [2.05, 4.69) is 30.2 Å². The quantitative estimate of drug-likeness (QED) is 0.413. The van der Waals surface area contributed by atoms with E-state index in [-0.39, 0.29) is 23.2 Å². The van der Waals surface area contributed by atoms with E-state index >= 15 is 0 Å². The van der Waals surface area contributed by atoms with Crippen LogP contribution in [0.15, 0.2) is 30.5 Å². The zero-order chi connectivity index (χ0) is 24.7. The molecule has 0 amide bonds. The average molecular weight is 478 g/mol. The zero-order valence-electron chi connectivity index (χ0n) is 19.7. The van der Waals surface area contributed by atoms with E-state index in [9.17, 15) is 13.6 Å². The third kappa shape index (κ3) is 4.37. The second kappa shape index (κ2) is 9.10. The number of aromatic nitrogens is 5. The molecule has 0 spiro atoms. The molecule has 0 aliphatic carbocycles. The van der Waals surface area contributed by atoms with Crippen molar-refractivity contribution >= 4 is 29.1 Å². The molecule has 5 rings (SSSR count). The minimum absolute atomic E-state index is 0.0140. The van der Waals surface area contributed by atoms with E-state index in [0.717, 1.165) is 36.7 Å². The lowest BCUT2D eigenvalue weighted by molar-refractivity contribution is -0.109. The van der Waals surface area contributed by atoms with E-state index in [4.69, 9.17) is 0 Å². The van der Waals surface area contributed by atoms with Crippen LogP contribution in [0.2, 0.25) is 0 Å². The molecule has 1 N–H and O–H groups in total. The Kier molecular flexibility index (Phi) is 5.98. The third-order valence-corrected chi connectivity index (χ3v) is 6.16. The number of aldehydes is 1. The van der Waals surface area contributed by atoms with Gasteiger partial charge in [-0.15, -0.1) is 0 Å². The molecule has 0 fully saturated rings. The van der Waals surface area contributed by atoms with Crippen LogP contribution in [-0.4, -0.2) is 48.8 Å². The number of halogens is 2. The summed E-state index contributed by atoms with van der Waals surface area (Å²) >= 11 is 0. The maximum absolute atomic E-state index is 14.9. The second-order valence-electron chi connectivity index (χ2n) is 8.92. The fourth-order valence-electron chi connectivity index (χ4n) is 4.61. The van der Waals surface area contributed by atoms with Gasteiger partial charge in [0.1, 0.15) is 29.1 Å².